The second-order valence-electron chi connectivity index (χ2n) is 6.08. The molecule has 0 bridgehead atoms. The maximum absolute atomic E-state index is 2.43. The summed E-state index contributed by atoms with van der Waals surface area (Å²) in [6, 6.07) is 0. The van der Waals surface area contributed by atoms with Gasteiger partial charge in [-0.25, -0.2) is 0 Å². The minimum absolute atomic E-state index is 1.03. The first-order valence-electron chi connectivity index (χ1n) is 6.95. The molecule has 2 aliphatic rings. The van der Waals surface area contributed by atoms with E-state index in [1.54, 1.807) is 44.9 Å². The molecule has 0 heterocycles. The first-order valence-corrected chi connectivity index (χ1v) is 9.19. The van der Waals surface area contributed by atoms with Gasteiger partial charge < -0.3 is 0 Å². The van der Waals surface area contributed by atoms with E-state index in [0.717, 1.165) is 21.2 Å². The normalized spacial score (nSPS) is 42.8. The van der Waals surface area contributed by atoms with Crippen LogP contribution in [0.15, 0.2) is 0 Å². The average Bonchev–Trinajstić information content (AvgIpc) is 2.25. The third kappa shape index (κ3) is 4.01. The fourth-order valence-corrected chi connectivity index (χ4v) is 4.73. The molecule has 0 aromatic heterocycles. The van der Waals surface area contributed by atoms with Gasteiger partial charge in [0.05, 0.1) is 0 Å². The van der Waals surface area contributed by atoms with Gasteiger partial charge in [-0.1, -0.05) is 0 Å². The molecule has 0 aromatic rings. The van der Waals surface area contributed by atoms with Crippen molar-refractivity contribution in [3.63, 3.8) is 0 Å². The van der Waals surface area contributed by atoms with Crippen LogP contribution in [-0.4, -0.2) is 25.8 Å². The van der Waals surface area contributed by atoms with Gasteiger partial charge in [0.2, 0.25) is 0 Å². The predicted octanol–water partition coefficient (Wildman–Crippen LogP) is 4.35. The summed E-state index contributed by atoms with van der Waals surface area (Å²) in [6.45, 7) is 2.43. The molecule has 0 spiro atoms. The van der Waals surface area contributed by atoms with Crippen LogP contribution in [0, 0.1) is 17.8 Å². The Morgan fingerprint density at radius 3 is 1.80 bits per heavy atom. The van der Waals surface area contributed by atoms with Crippen LogP contribution in [-0.2, 0) is 0 Å². The fraction of sp³-hybridized carbons (Fsp3) is 1.00. The summed E-state index contributed by atoms with van der Waals surface area (Å²) in [4.78, 5) is 0. The Kier molecular flexibility index (Phi) is 4.97. The van der Waals surface area contributed by atoms with Crippen molar-refractivity contribution < 1.29 is 0 Å². The Bertz CT molecular complexity index is 154. The monoisotopic (exact) mass is 401 g/mol. The third-order valence-corrected chi connectivity index (χ3v) is 6.89. The summed E-state index contributed by atoms with van der Waals surface area (Å²) in [5, 5.41) is 0. The summed E-state index contributed by atoms with van der Waals surface area (Å²) in [5.74, 6) is 3.25. The third-order valence-electron chi connectivity index (χ3n) is 4.65. The topological polar surface area (TPSA) is 0 Å². The Morgan fingerprint density at radius 2 is 1.27 bits per heavy atom. The summed E-state index contributed by atoms with van der Waals surface area (Å²) >= 11 is 1.45. The van der Waals surface area contributed by atoms with Crippen LogP contribution in [0.25, 0.3) is 0 Å². The maximum atomic E-state index is 2.43. The Hall–Kier alpha value is 0.922. The van der Waals surface area contributed by atoms with E-state index in [1.165, 1.54) is 38.6 Å². The van der Waals surface area contributed by atoms with Crippen LogP contribution in [0.4, 0.5) is 0 Å². The first kappa shape index (κ1) is 12.4. The summed E-state index contributed by atoms with van der Waals surface area (Å²) in [7, 11) is 0. The average molecular weight is 401 g/mol. The number of rotatable bonds is 2. The van der Waals surface area contributed by atoms with E-state index in [1.807, 2.05) is 0 Å². The molecule has 0 nitrogen and oxygen atoms in total. The SMILES string of the molecule is CC1CCC(CC2CC[CH]([Pb])CC2)CC1. The number of hydrogen-bond acceptors (Lipinski definition) is 0. The van der Waals surface area contributed by atoms with Gasteiger partial charge in [-0.3, -0.25) is 0 Å². The molecule has 2 aliphatic carbocycles. The van der Waals surface area contributed by atoms with Gasteiger partial charge in [-0.05, 0) is 0 Å². The van der Waals surface area contributed by atoms with E-state index < -0.39 is 0 Å². The zero-order chi connectivity index (χ0) is 10.7. The Morgan fingerprint density at radius 1 is 0.800 bits per heavy atom. The van der Waals surface area contributed by atoms with E-state index in [0.29, 0.717) is 0 Å². The van der Waals surface area contributed by atoms with Crippen LogP contribution in [0.2, 0.25) is 3.48 Å². The van der Waals surface area contributed by atoms with Crippen molar-refractivity contribution in [3.8, 4) is 0 Å². The Balaban J connectivity index is 1.68. The molecule has 1 heteroatoms. The minimum atomic E-state index is 1.03. The molecule has 2 rings (SSSR count). The van der Waals surface area contributed by atoms with Crippen molar-refractivity contribution in [1.82, 2.24) is 0 Å². The van der Waals surface area contributed by atoms with Crippen LogP contribution in [0.3, 0.4) is 0 Å². The van der Waals surface area contributed by atoms with Gasteiger partial charge in [0.15, 0.2) is 0 Å². The van der Waals surface area contributed by atoms with Crippen molar-refractivity contribution in [2.45, 2.75) is 68.2 Å². The molecule has 2 fully saturated rings. The van der Waals surface area contributed by atoms with Crippen LogP contribution < -0.4 is 0 Å². The van der Waals surface area contributed by atoms with Crippen LogP contribution in [0.1, 0.15) is 64.7 Å². The molecule has 0 unspecified atom stereocenters. The molecule has 0 amide bonds. The summed E-state index contributed by atoms with van der Waals surface area (Å²) in [5.41, 5.74) is 0. The predicted molar refractivity (Wildman–Crippen MR) is 67.2 cm³/mol. The zero-order valence-electron chi connectivity index (χ0n) is 10.2. The molecule has 3 radical (unpaired) electrons. The van der Waals surface area contributed by atoms with Crippen molar-refractivity contribution in [1.29, 1.82) is 0 Å². The van der Waals surface area contributed by atoms with Crippen molar-refractivity contribution in [2.75, 3.05) is 0 Å². The summed E-state index contributed by atoms with van der Waals surface area (Å²) in [6.07, 6.45) is 14.0. The zero-order valence-corrected chi connectivity index (χ0v) is 14.1. The standard InChI is InChI=1S/C14H25.Pb/c1-12-7-9-14(10-8-12)11-13-5-3-2-4-6-13;/h2,12-14H,3-11H2,1H3;. The van der Waals surface area contributed by atoms with E-state index in [4.69, 9.17) is 0 Å². The van der Waals surface area contributed by atoms with Gasteiger partial charge >= 0.3 is 112 Å². The molecule has 0 aliphatic heterocycles. The quantitative estimate of drug-likeness (QED) is 0.605. The second kappa shape index (κ2) is 6.02. The van der Waals surface area contributed by atoms with Crippen molar-refractivity contribution in [2.24, 2.45) is 17.8 Å². The van der Waals surface area contributed by atoms with E-state index in [2.05, 4.69) is 6.92 Å². The van der Waals surface area contributed by atoms with E-state index >= 15 is 0 Å². The molecule has 85 valence electrons. The molecule has 2 saturated carbocycles. The van der Waals surface area contributed by atoms with E-state index in [9.17, 15) is 0 Å². The van der Waals surface area contributed by atoms with Gasteiger partial charge in [0, 0.05) is 0 Å². The van der Waals surface area contributed by atoms with Crippen molar-refractivity contribution >= 4 is 25.8 Å². The molecule has 0 atom stereocenters. The van der Waals surface area contributed by atoms with Crippen LogP contribution in [0.5, 0.6) is 0 Å². The molecule has 0 aromatic carbocycles. The molecular weight excluding hydrogens is 375 g/mol. The summed E-state index contributed by atoms with van der Waals surface area (Å²) < 4.78 is 1.16. The van der Waals surface area contributed by atoms with Crippen LogP contribution >= 0.6 is 0 Å². The van der Waals surface area contributed by atoms with Crippen molar-refractivity contribution in [3.05, 3.63) is 0 Å². The fourth-order valence-electron chi connectivity index (χ4n) is 3.43. The first-order chi connectivity index (χ1) is 7.24. The van der Waals surface area contributed by atoms with E-state index in [-0.39, 0.29) is 0 Å². The van der Waals surface area contributed by atoms with Gasteiger partial charge in [0.25, 0.3) is 0 Å². The second-order valence-corrected chi connectivity index (χ2v) is 9.25. The van der Waals surface area contributed by atoms with Gasteiger partial charge in [-0.2, -0.15) is 0 Å². The molecule has 0 N–H and O–H groups in total. The van der Waals surface area contributed by atoms with Gasteiger partial charge in [0.1, 0.15) is 0 Å². The number of hydrogen-bond donors (Lipinski definition) is 0. The molecule has 15 heavy (non-hydrogen) atoms. The Labute approximate surface area is 111 Å². The molecule has 0 saturated heterocycles. The van der Waals surface area contributed by atoms with Gasteiger partial charge in [-0.15, -0.1) is 0 Å². The molecular formula is C14H25Pb.